The van der Waals surface area contributed by atoms with Gasteiger partial charge in [0.25, 0.3) is 0 Å². The fraction of sp³-hybridized carbons (Fsp3) is 0.474. The van der Waals surface area contributed by atoms with Crippen molar-refractivity contribution in [3.05, 3.63) is 126 Å². The van der Waals surface area contributed by atoms with Gasteiger partial charge in [-0.1, -0.05) is 54.6 Å². The highest BCUT2D eigenvalue weighted by Gasteiger charge is 2.50. The molecule has 15 saturated heterocycles. The molecule has 18 heterocycles. The Kier molecular flexibility index (Phi) is 11.2. The molecule has 3 aromatic heterocycles. The zero-order chi connectivity index (χ0) is 46.2. The van der Waals surface area contributed by atoms with E-state index in [1.54, 1.807) is 0 Å². The molecule has 15 aliphatic heterocycles. The van der Waals surface area contributed by atoms with Gasteiger partial charge in [-0.05, 0) is 130 Å². The number of piperidine rings is 9. The molecule has 12 bridgehead atoms. The van der Waals surface area contributed by atoms with Gasteiger partial charge in [0.15, 0.2) is 0 Å². The number of hydrogen-bond acceptors (Lipinski definition) is 12. The Hall–Kier alpha value is -5.82. The number of para-hydroxylation sites is 3. The number of hydrogen-bond donors (Lipinski definition) is 0. The van der Waals surface area contributed by atoms with Gasteiger partial charge < -0.3 is 14.2 Å². The Labute approximate surface area is 402 Å². The second-order valence-electron chi connectivity index (χ2n) is 21.4. The van der Waals surface area contributed by atoms with Crippen molar-refractivity contribution in [1.29, 1.82) is 0 Å². The fourth-order valence-electron chi connectivity index (χ4n) is 14.5. The van der Waals surface area contributed by atoms with Gasteiger partial charge in [0.2, 0.25) is 0 Å². The van der Waals surface area contributed by atoms with Crippen molar-refractivity contribution in [2.24, 2.45) is 35.5 Å². The summed E-state index contributed by atoms with van der Waals surface area (Å²) in [6, 6.07) is 30.4. The summed E-state index contributed by atoms with van der Waals surface area (Å²) >= 11 is 0. The third-order valence-corrected chi connectivity index (χ3v) is 17.9. The average Bonchev–Trinajstić information content (AvgIpc) is 3.39. The van der Waals surface area contributed by atoms with E-state index in [0.717, 1.165) is 127 Å². The summed E-state index contributed by atoms with van der Waals surface area (Å²) in [5.41, 5.74) is 5.59. The number of carbonyl (C=O) groups is 3. The van der Waals surface area contributed by atoms with Crippen LogP contribution in [0.2, 0.25) is 0 Å². The van der Waals surface area contributed by atoms with Crippen molar-refractivity contribution in [2.45, 2.75) is 94.2 Å². The highest BCUT2D eigenvalue weighted by atomic mass is 16.6. The average molecular weight is 925 g/mol. The summed E-state index contributed by atoms with van der Waals surface area (Å²) < 4.78 is 20.5. The number of benzene rings is 3. The molecule has 21 rings (SSSR count). The molecule has 0 N–H and O–H groups in total. The summed E-state index contributed by atoms with van der Waals surface area (Å²) in [7, 11) is 0. The first kappa shape index (κ1) is 43.2. The minimum absolute atomic E-state index is 0.0349. The summed E-state index contributed by atoms with van der Waals surface area (Å²) in [5, 5.41) is 2.99. The number of pyridine rings is 3. The van der Waals surface area contributed by atoms with Crippen LogP contribution < -0.4 is 0 Å². The summed E-state index contributed by atoms with van der Waals surface area (Å²) in [6.45, 7) is 4.91. The minimum atomic E-state index is -0.492. The first-order chi connectivity index (χ1) is 33.9. The molecule has 15 aliphatic rings. The fourth-order valence-corrected chi connectivity index (χ4v) is 14.5. The van der Waals surface area contributed by atoms with Gasteiger partial charge in [-0.2, -0.15) is 0 Å². The van der Waals surface area contributed by atoms with Crippen molar-refractivity contribution >= 4 is 50.6 Å². The Morgan fingerprint density at radius 3 is 0.986 bits per heavy atom. The minimum Gasteiger partial charge on any atom is -0.456 e. The van der Waals surface area contributed by atoms with Crippen LogP contribution in [0.15, 0.2) is 110 Å². The molecule has 12 heteroatoms. The van der Waals surface area contributed by atoms with Gasteiger partial charge in [0, 0.05) is 90.3 Å². The molecule has 0 amide bonds. The molecule has 15 fully saturated rings. The van der Waals surface area contributed by atoms with Crippen LogP contribution in [0.1, 0.15) is 92.8 Å². The molecular formula is C57H60N6O6. The molecule has 0 spiro atoms. The summed E-state index contributed by atoms with van der Waals surface area (Å²) in [5.74, 6) is 0.705. The summed E-state index contributed by atoms with van der Waals surface area (Å²) in [6.07, 6.45) is 10.5. The van der Waals surface area contributed by atoms with Gasteiger partial charge >= 0.3 is 17.9 Å². The normalized spacial score (nSPS) is 35.8. The molecule has 6 aromatic rings. The van der Waals surface area contributed by atoms with Crippen LogP contribution in [0.5, 0.6) is 0 Å². The molecule has 0 saturated carbocycles. The number of nitrogens with zero attached hydrogens (tertiary/aromatic N) is 6. The Balaban J connectivity index is 0.867. The van der Waals surface area contributed by atoms with Crippen LogP contribution in [0.3, 0.4) is 0 Å². The molecule has 69 heavy (non-hydrogen) atoms. The first-order valence-corrected chi connectivity index (χ1v) is 25.7. The molecular weight excluding hydrogens is 865 g/mol. The molecule has 3 aromatic carbocycles. The maximum Gasteiger partial charge on any atom is 0.306 e. The third kappa shape index (κ3) is 7.96. The van der Waals surface area contributed by atoms with Gasteiger partial charge in [0.05, 0.1) is 34.7 Å². The number of rotatable bonds is 3. The number of aromatic nitrogens is 3. The number of fused-ring (bicyclic) bond motifs is 6. The van der Waals surface area contributed by atoms with E-state index < -0.39 is 18.3 Å². The lowest BCUT2D eigenvalue weighted by Crippen LogP contribution is -2.57. The Morgan fingerprint density at radius 1 is 0.391 bits per heavy atom. The van der Waals surface area contributed by atoms with Gasteiger partial charge in [-0.25, -0.2) is 0 Å². The zero-order valence-electron chi connectivity index (χ0n) is 39.1. The lowest BCUT2D eigenvalue weighted by Gasteiger charge is -2.53. The van der Waals surface area contributed by atoms with Crippen LogP contribution in [0.25, 0.3) is 32.7 Å². The highest BCUT2D eigenvalue weighted by molar-refractivity contribution is 5.85. The standard InChI is InChI=1S/C57H60N6O6/c64-52-28-37-32-62-23-17-35(37)26-50(62)56(44-14-20-59-47-11-5-2-8-41(44)47)69-54(66)30-39-33-63-24-18-36(39)27-51(63)57(45-15-21-60-48-12-6-3-9-42(45)48)68-53(65)29-38-31-61-22-16-34(38)25-49(61)55(67-52)43-13-19-58-46-10-4-1-7-40(43)46/h1-15,19-21,34-39,49-51,55-57H,16-18,22-33H2/t34-,35-,36-,37-,38-,39-,49-,50-,51-,55+,56+,57+/m0/s1. The van der Waals surface area contributed by atoms with E-state index in [0.29, 0.717) is 19.3 Å². The SMILES string of the molecule is O=C1C[C@H]2CN3CC[C@H]2C[C@H]3[C@@H](c2ccnc3ccccc23)OC(=O)C[C@H]2CN3CC[C@H]2C[C@H]3[C@@H](c2ccnc3ccccc23)OC(=O)C[C@H]2CN3CC[C@H]2C[C@H]3[C@@H](c2ccnc3ccccc23)O1. The molecule has 3 unspecified atom stereocenters. The van der Waals surface area contributed by atoms with Crippen LogP contribution in [0.4, 0.5) is 0 Å². The van der Waals surface area contributed by atoms with Crippen molar-refractivity contribution < 1.29 is 28.6 Å². The van der Waals surface area contributed by atoms with Crippen LogP contribution in [0, 0.1) is 35.5 Å². The maximum absolute atomic E-state index is 14.6. The van der Waals surface area contributed by atoms with E-state index in [9.17, 15) is 14.4 Å². The third-order valence-electron chi connectivity index (χ3n) is 17.9. The number of ether oxygens (including phenoxy) is 3. The topological polar surface area (TPSA) is 127 Å². The monoisotopic (exact) mass is 924 g/mol. The van der Waals surface area contributed by atoms with E-state index in [1.165, 1.54) is 0 Å². The van der Waals surface area contributed by atoms with Crippen molar-refractivity contribution in [3.63, 3.8) is 0 Å². The Bertz CT molecular complexity index is 2620. The lowest BCUT2D eigenvalue weighted by molar-refractivity contribution is -0.168. The van der Waals surface area contributed by atoms with Crippen LogP contribution in [-0.2, 0) is 28.6 Å². The van der Waals surface area contributed by atoms with E-state index in [1.807, 2.05) is 91.4 Å². The van der Waals surface area contributed by atoms with Gasteiger partial charge in [-0.15, -0.1) is 0 Å². The van der Waals surface area contributed by atoms with Gasteiger partial charge in [-0.3, -0.25) is 44.0 Å². The maximum atomic E-state index is 14.6. The molecule has 15 atom stereocenters. The number of esters is 3. The van der Waals surface area contributed by atoms with Crippen molar-refractivity contribution in [3.8, 4) is 0 Å². The smallest absolute Gasteiger partial charge is 0.306 e. The predicted octanol–water partition coefficient (Wildman–Crippen LogP) is 8.80. The second kappa shape index (κ2) is 17.9. The number of carbonyl (C=O) groups excluding carboxylic acids is 3. The van der Waals surface area contributed by atoms with E-state index in [2.05, 4.69) is 32.9 Å². The largest absolute Gasteiger partial charge is 0.456 e. The van der Waals surface area contributed by atoms with E-state index >= 15 is 0 Å². The van der Waals surface area contributed by atoms with Crippen LogP contribution in [-0.4, -0.2) is 105 Å². The molecule has 0 radical (unpaired) electrons. The first-order valence-electron chi connectivity index (χ1n) is 25.7. The van der Waals surface area contributed by atoms with Crippen molar-refractivity contribution in [1.82, 2.24) is 29.7 Å². The molecule has 0 aliphatic carbocycles. The van der Waals surface area contributed by atoms with Crippen LogP contribution >= 0.6 is 0 Å². The quantitative estimate of drug-likeness (QED) is 0.124. The Morgan fingerprint density at radius 2 is 0.696 bits per heavy atom. The zero-order valence-corrected chi connectivity index (χ0v) is 39.1. The summed E-state index contributed by atoms with van der Waals surface area (Å²) in [4.78, 5) is 65.4. The van der Waals surface area contributed by atoms with E-state index in [-0.39, 0.29) is 71.5 Å². The van der Waals surface area contributed by atoms with Gasteiger partial charge in [0.1, 0.15) is 18.3 Å². The van der Waals surface area contributed by atoms with E-state index in [4.69, 9.17) is 29.2 Å². The lowest BCUT2D eigenvalue weighted by atomic mass is 9.71. The predicted molar refractivity (Wildman–Crippen MR) is 260 cm³/mol. The second-order valence-corrected chi connectivity index (χ2v) is 21.4. The van der Waals surface area contributed by atoms with Crippen molar-refractivity contribution in [2.75, 3.05) is 39.3 Å². The molecule has 354 valence electrons. The highest BCUT2D eigenvalue weighted by Crippen LogP contribution is 2.49. The molecule has 12 nitrogen and oxygen atoms in total.